The molecule has 2 rings (SSSR count). The van der Waals surface area contributed by atoms with Gasteiger partial charge in [0.05, 0.1) is 17.9 Å². The molecule has 150 valence electrons. The van der Waals surface area contributed by atoms with Crippen LogP contribution in [0.15, 0.2) is 24.3 Å². The molecule has 0 bridgehead atoms. The van der Waals surface area contributed by atoms with Crippen LogP contribution < -0.4 is 4.74 Å². The number of aromatic nitrogens is 1. The fraction of sp³-hybridized carbons (Fsp3) is 0.381. The first-order valence-electron chi connectivity index (χ1n) is 9.04. The number of hydrogen-bond donors (Lipinski definition) is 1. The summed E-state index contributed by atoms with van der Waals surface area (Å²) in [7, 11) is 0. The Morgan fingerprint density at radius 2 is 1.79 bits per heavy atom. The molecule has 7 nitrogen and oxygen atoms in total. The molecule has 2 aromatic rings. The molecule has 1 heterocycles. The molecule has 1 aromatic carbocycles. The summed E-state index contributed by atoms with van der Waals surface area (Å²) >= 11 is 0. The molecule has 0 spiro atoms. The van der Waals surface area contributed by atoms with E-state index in [1.165, 1.54) is 6.92 Å². The minimum Gasteiger partial charge on any atom is -0.482 e. The summed E-state index contributed by atoms with van der Waals surface area (Å²) in [5.41, 5.74) is 2.44. The van der Waals surface area contributed by atoms with E-state index >= 15 is 0 Å². The van der Waals surface area contributed by atoms with E-state index in [0.29, 0.717) is 22.6 Å². The second-order valence-electron chi connectivity index (χ2n) is 6.40. The van der Waals surface area contributed by atoms with Gasteiger partial charge in [-0.2, -0.15) is 0 Å². The third kappa shape index (κ3) is 4.79. The van der Waals surface area contributed by atoms with E-state index in [4.69, 9.17) is 14.2 Å². The van der Waals surface area contributed by atoms with Crippen LogP contribution in [0.2, 0.25) is 0 Å². The maximum atomic E-state index is 12.7. The number of benzene rings is 1. The van der Waals surface area contributed by atoms with Crippen LogP contribution in [0.5, 0.6) is 5.75 Å². The van der Waals surface area contributed by atoms with Crippen LogP contribution in [0.4, 0.5) is 0 Å². The zero-order valence-corrected chi connectivity index (χ0v) is 16.8. The van der Waals surface area contributed by atoms with Crippen LogP contribution in [-0.4, -0.2) is 42.0 Å². The van der Waals surface area contributed by atoms with Crippen LogP contribution in [0, 0.1) is 20.8 Å². The van der Waals surface area contributed by atoms with Crippen molar-refractivity contribution in [3.63, 3.8) is 0 Å². The van der Waals surface area contributed by atoms with E-state index in [-0.39, 0.29) is 18.9 Å². The van der Waals surface area contributed by atoms with Crippen molar-refractivity contribution in [3.05, 3.63) is 52.3 Å². The molecule has 0 aliphatic heterocycles. The summed E-state index contributed by atoms with van der Waals surface area (Å²) in [5.74, 6) is -1.01. The van der Waals surface area contributed by atoms with Gasteiger partial charge in [0, 0.05) is 5.69 Å². The van der Waals surface area contributed by atoms with Gasteiger partial charge in [0.15, 0.2) is 12.7 Å². The van der Waals surface area contributed by atoms with Gasteiger partial charge < -0.3 is 19.2 Å². The number of ketones is 1. The van der Waals surface area contributed by atoms with Crippen molar-refractivity contribution >= 4 is 17.7 Å². The number of ether oxygens (including phenoxy) is 3. The van der Waals surface area contributed by atoms with Gasteiger partial charge >= 0.3 is 11.9 Å². The Morgan fingerprint density at radius 3 is 2.43 bits per heavy atom. The minimum absolute atomic E-state index is 0.223. The highest BCUT2D eigenvalue weighted by Gasteiger charge is 2.27. The second-order valence-corrected chi connectivity index (χ2v) is 6.40. The first kappa shape index (κ1) is 21.2. The largest absolute Gasteiger partial charge is 0.482 e. The fourth-order valence-electron chi connectivity index (χ4n) is 2.85. The minimum atomic E-state index is -1.03. The van der Waals surface area contributed by atoms with E-state index < -0.39 is 23.8 Å². The quantitative estimate of drug-likeness (QED) is 0.552. The third-order valence-corrected chi connectivity index (χ3v) is 4.28. The summed E-state index contributed by atoms with van der Waals surface area (Å²) in [4.78, 5) is 39.7. The average molecular weight is 387 g/mol. The lowest BCUT2D eigenvalue weighted by Gasteiger charge is -2.13. The molecule has 0 aliphatic rings. The molecule has 1 aromatic heterocycles. The summed E-state index contributed by atoms with van der Waals surface area (Å²) < 4.78 is 15.6. The van der Waals surface area contributed by atoms with Crippen LogP contribution >= 0.6 is 0 Å². The lowest BCUT2D eigenvalue weighted by molar-refractivity contribution is -0.148. The second kappa shape index (κ2) is 9.21. The van der Waals surface area contributed by atoms with Crippen LogP contribution in [0.25, 0.3) is 0 Å². The van der Waals surface area contributed by atoms with E-state index in [1.54, 1.807) is 32.9 Å². The molecule has 1 N–H and O–H groups in total. The normalized spacial score (nSPS) is 11.6. The van der Waals surface area contributed by atoms with Crippen molar-refractivity contribution in [1.29, 1.82) is 0 Å². The number of H-pyrrole nitrogens is 1. The number of carbonyl (C=O) groups excluding carboxylic acids is 3. The van der Waals surface area contributed by atoms with Crippen molar-refractivity contribution in [1.82, 2.24) is 4.98 Å². The molecule has 0 radical (unpaired) electrons. The molecule has 0 fully saturated rings. The van der Waals surface area contributed by atoms with Crippen molar-refractivity contribution in [2.75, 3.05) is 13.2 Å². The van der Waals surface area contributed by atoms with Crippen LogP contribution in [0.3, 0.4) is 0 Å². The highest BCUT2D eigenvalue weighted by molar-refractivity contribution is 6.04. The van der Waals surface area contributed by atoms with Gasteiger partial charge in [-0.05, 0) is 51.8 Å². The van der Waals surface area contributed by atoms with Gasteiger partial charge in [-0.1, -0.05) is 18.2 Å². The molecule has 0 aliphatic carbocycles. The molecule has 1 unspecified atom stereocenters. The number of hydrogen-bond acceptors (Lipinski definition) is 6. The van der Waals surface area contributed by atoms with Crippen molar-refractivity contribution in [2.24, 2.45) is 0 Å². The average Bonchev–Trinajstić information content (AvgIpc) is 2.94. The molecule has 7 heteroatoms. The lowest BCUT2D eigenvalue weighted by atomic mass is 10.1. The van der Waals surface area contributed by atoms with E-state index in [9.17, 15) is 14.4 Å². The van der Waals surface area contributed by atoms with Gasteiger partial charge in [0.1, 0.15) is 5.75 Å². The Morgan fingerprint density at radius 1 is 1.11 bits per heavy atom. The zero-order valence-electron chi connectivity index (χ0n) is 16.8. The molecule has 0 saturated carbocycles. The van der Waals surface area contributed by atoms with Crippen molar-refractivity contribution < 1.29 is 28.6 Å². The predicted octanol–water partition coefficient (Wildman–Crippen LogP) is 3.31. The zero-order chi connectivity index (χ0) is 20.8. The molecular formula is C21H25NO6. The smallest absolute Gasteiger partial charge is 0.344 e. The molecule has 0 amide bonds. The number of aromatic amines is 1. The summed E-state index contributed by atoms with van der Waals surface area (Å²) in [6, 6.07) is 7.28. The maximum absolute atomic E-state index is 12.7. The van der Waals surface area contributed by atoms with Gasteiger partial charge in [-0.25, -0.2) is 9.59 Å². The lowest BCUT2D eigenvalue weighted by Crippen LogP contribution is -2.28. The first-order valence-corrected chi connectivity index (χ1v) is 9.04. The van der Waals surface area contributed by atoms with Gasteiger partial charge in [-0.3, -0.25) is 4.79 Å². The monoisotopic (exact) mass is 387 g/mol. The molecule has 0 saturated heterocycles. The number of carbonyl (C=O) groups is 3. The molecule has 1 atom stereocenters. The maximum Gasteiger partial charge on any atom is 0.344 e. The number of rotatable bonds is 8. The number of nitrogens with one attached hydrogen (secondary N) is 1. The topological polar surface area (TPSA) is 94.7 Å². The summed E-state index contributed by atoms with van der Waals surface area (Å²) in [5, 5.41) is 0. The van der Waals surface area contributed by atoms with Crippen molar-refractivity contribution in [3.8, 4) is 5.75 Å². The Balaban J connectivity index is 2.02. The Bertz CT molecular complexity index is 883. The number of para-hydroxylation sites is 1. The Kier molecular flexibility index (Phi) is 6.98. The van der Waals surface area contributed by atoms with E-state index in [2.05, 4.69) is 4.98 Å². The van der Waals surface area contributed by atoms with Crippen LogP contribution in [0.1, 0.15) is 51.5 Å². The van der Waals surface area contributed by atoms with E-state index in [1.807, 2.05) is 19.1 Å². The highest BCUT2D eigenvalue weighted by atomic mass is 16.6. The fourth-order valence-corrected chi connectivity index (χ4v) is 2.85. The third-order valence-electron chi connectivity index (χ3n) is 4.28. The SMILES string of the molecule is CCOC(=O)c1c(C)[nH]c(C(=O)C(C)OC(=O)COc2ccccc2C)c1C. The van der Waals surface area contributed by atoms with E-state index in [0.717, 1.165) is 5.56 Å². The Hall–Kier alpha value is -3.09. The number of Topliss-reactive ketones (excluding diaryl/α,β-unsaturated/α-hetero) is 1. The first-order chi connectivity index (χ1) is 13.3. The molecular weight excluding hydrogens is 362 g/mol. The predicted molar refractivity (Wildman–Crippen MR) is 103 cm³/mol. The van der Waals surface area contributed by atoms with Crippen molar-refractivity contribution in [2.45, 2.75) is 40.7 Å². The summed E-state index contributed by atoms with van der Waals surface area (Å²) in [6.45, 7) is 8.32. The number of esters is 2. The van der Waals surface area contributed by atoms with Gasteiger partial charge in [0.2, 0.25) is 5.78 Å². The number of aryl methyl sites for hydroxylation is 2. The van der Waals surface area contributed by atoms with Gasteiger partial charge in [0.25, 0.3) is 0 Å². The van der Waals surface area contributed by atoms with Gasteiger partial charge in [-0.15, -0.1) is 0 Å². The standard InChI is InChI=1S/C21H25NO6/c1-6-26-21(25)18-13(3)19(22-14(18)4)20(24)15(5)28-17(23)11-27-16-10-8-7-9-12(16)2/h7-10,15,22H,6,11H2,1-5H3. The molecule has 28 heavy (non-hydrogen) atoms. The summed E-state index contributed by atoms with van der Waals surface area (Å²) in [6.07, 6.45) is -1.03. The Labute approximate surface area is 164 Å². The van der Waals surface area contributed by atoms with Crippen LogP contribution in [-0.2, 0) is 14.3 Å². The highest BCUT2D eigenvalue weighted by Crippen LogP contribution is 2.21.